The number of hydrogen-bond acceptors (Lipinski definition) is 4. The number of nitrogens with zero attached hydrogens (tertiary/aromatic N) is 2. The third-order valence-electron chi connectivity index (χ3n) is 4.89. The number of rotatable bonds is 6. The standard InChI is InChI=1S/C20H26N2O3/c1-15-19(16(2)25-21-15)14-20(23)22-11-8-18(9-12-22)24-13-10-17-6-4-3-5-7-17/h3-7,18H,8-14H2,1-2H3. The molecule has 25 heavy (non-hydrogen) atoms. The minimum absolute atomic E-state index is 0.150. The number of hydrogen-bond donors (Lipinski definition) is 0. The van der Waals surface area contributed by atoms with E-state index >= 15 is 0 Å². The smallest absolute Gasteiger partial charge is 0.227 e. The third kappa shape index (κ3) is 4.69. The average Bonchev–Trinajstić information content (AvgIpc) is 2.95. The molecule has 1 aliphatic heterocycles. The number of piperidine rings is 1. The summed E-state index contributed by atoms with van der Waals surface area (Å²) in [6, 6.07) is 10.4. The summed E-state index contributed by atoms with van der Waals surface area (Å²) in [5, 5.41) is 3.92. The van der Waals surface area contributed by atoms with Crippen molar-refractivity contribution in [2.24, 2.45) is 0 Å². The Morgan fingerprint density at radius 1 is 1.24 bits per heavy atom. The first-order chi connectivity index (χ1) is 12.1. The Bertz CT molecular complexity index is 669. The molecule has 0 unspecified atom stereocenters. The second-order valence-electron chi connectivity index (χ2n) is 6.67. The van der Waals surface area contributed by atoms with E-state index in [2.05, 4.69) is 29.4 Å². The molecule has 1 saturated heterocycles. The molecule has 1 aromatic carbocycles. The Kier molecular flexibility index (Phi) is 5.87. The van der Waals surface area contributed by atoms with Crippen molar-refractivity contribution in [3.8, 4) is 0 Å². The van der Waals surface area contributed by atoms with E-state index in [9.17, 15) is 4.79 Å². The van der Waals surface area contributed by atoms with Crippen molar-refractivity contribution in [1.29, 1.82) is 0 Å². The van der Waals surface area contributed by atoms with Crippen LogP contribution in [-0.2, 0) is 22.4 Å². The van der Waals surface area contributed by atoms with E-state index in [1.807, 2.05) is 24.8 Å². The van der Waals surface area contributed by atoms with Crippen LogP contribution in [0.3, 0.4) is 0 Å². The maximum absolute atomic E-state index is 12.5. The lowest BCUT2D eigenvalue weighted by Gasteiger charge is -2.32. The van der Waals surface area contributed by atoms with E-state index < -0.39 is 0 Å². The van der Waals surface area contributed by atoms with E-state index in [0.717, 1.165) is 56.0 Å². The highest BCUT2D eigenvalue weighted by Crippen LogP contribution is 2.18. The van der Waals surface area contributed by atoms with Crippen LogP contribution < -0.4 is 0 Å². The molecule has 1 fully saturated rings. The van der Waals surface area contributed by atoms with Crippen LogP contribution >= 0.6 is 0 Å². The van der Waals surface area contributed by atoms with Crippen molar-refractivity contribution in [2.45, 2.75) is 45.6 Å². The first-order valence-electron chi connectivity index (χ1n) is 8.98. The molecular formula is C20H26N2O3. The van der Waals surface area contributed by atoms with Gasteiger partial charge < -0.3 is 14.2 Å². The van der Waals surface area contributed by atoms with Crippen LogP contribution in [0, 0.1) is 13.8 Å². The number of ether oxygens (including phenoxy) is 1. The number of carbonyl (C=O) groups is 1. The molecule has 2 aromatic rings. The highest BCUT2D eigenvalue weighted by Gasteiger charge is 2.24. The van der Waals surface area contributed by atoms with Crippen LogP contribution in [0.4, 0.5) is 0 Å². The van der Waals surface area contributed by atoms with Crippen LogP contribution in [-0.4, -0.2) is 41.8 Å². The molecule has 0 atom stereocenters. The second-order valence-corrected chi connectivity index (χ2v) is 6.67. The predicted molar refractivity (Wildman–Crippen MR) is 95.4 cm³/mol. The van der Waals surface area contributed by atoms with Crippen LogP contribution in [0.2, 0.25) is 0 Å². The molecule has 0 spiro atoms. The Labute approximate surface area is 148 Å². The maximum Gasteiger partial charge on any atom is 0.227 e. The molecule has 0 radical (unpaired) electrons. The van der Waals surface area contributed by atoms with E-state index in [4.69, 9.17) is 9.26 Å². The van der Waals surface area contributed by atoms with Crippen molar-refractivity contribution in [3.63, 3.8) is 0 Å². The number of benzene rings is 1. The maximum atomic E-state index is 12.5. The lowest BCUT2D eigenvalue weighted by atomic mass is 10.1. The Hall–Kier alpha value is -2.14. The zero-order valence-electron chi connectivity index (χ0n) is 15.0. The van der Waals surface area contributed by atoms with E-state index in [0.29, 0.717) is 6.42 Å². The highest BCUT2D eigenvalue weighted by molar-refractivity contribution is 5.79. The molecule has 1 aliphatic rings. The predicted octanol–water partition coefficient (Wildman–Crippen LogP) is 3.08. The third-order valence-corrected chi connectivity index (χ3v) is 4.89. The average molecular weight is 342 g/mol. The first kappa shape index (κ1) is 17.7. The van der Waals surface area contributed by atoms with E-state index in [1.54, 1.807) is 0 Å². The fourth-order valence-corrected chi connectivity index (χ4v) is 3.28. The topological polar surface area (TPSA) is 55.6 Å². The Morgan fingerprint density at radius 3 is 2.60 bits per heavy atom. The lowest BCUT2D eigenvalue weighted by molar-refractivity contribution is -0.133. The monoisotopic (exact) mass is 342 g/mol. The van der Waals surface area contributed by atoms with Crippen molar-refractivity contribution in [3.05, 3.63) is 52.9 Å². The molecule has 1 amide bonds. The Morgan fingerprint density at radius 2 is 1.96 bits per heavy atom. The molecule has 0 N–H and O–H groups in total. The summed E-state index contributed by atoms with van der Waals surface area (Å²) in [6.45, 7) is 6.00. The van der Waals surface area contributed by atoms with Gasteiger partial charge in [0.2, 0.25) is 5.91 Å². The van der Waals surface area contributed by atoms with E-state index in [1.165, 1.54) is 5.56 Å². The normalized spacial score (nSPS) is 15.5. The first-order valence-corrected chi connectivity index (χ1v) is 8.98. The summed E-state index contributed by atoms with van der Waals surface area (Å²) in [6.07, 6.45) is 3.38. The molecule has 1 aromatic heterocycles. The minimum Gasteiger partial charge on any atom is -0.378 e. The van der Waals surface area contributed by atoms with Gasteiger partial charge in [0.1, 0.15) is 5.76 Å². The Balaban J connectivity index is 1.40. The molecule has 2 heterocycles. The van der Waals surface area contributed by atoms with Gasteiger partial charge in [0.25, 0.3) is 0 Å². The van der Waals surface area contributed by atoms with Gasteiger partial charge in [-0.25, -0.2) is 0 Å². The van der Waals surface area contributed by atoms with Gasteiger partial charge in [-0.2, -0.15) is 0 Å². The summed E-state index contributed by atoms with van der Waals surface area (Å²) in [5.74, 6) is 0.891. The summed E-state index contributed by atoms with van der Waals surface area (Å²) in [4.78, 5) is 14.4. The van der Waals surface area contributed by atoms with Gasteiger partial charge in [-0.15, -0.1) is 0 Å². The fourth-order valence-electron chi connectivity index (χ4n) is 3.28. The number of aryl methyl sites for hydroxylation is 2. The molecule has 0 aliphatic carbocycles. The zero-order valence-corrected chi connectivity index (χ0v) is 15.0. The largest absolute Gasteiger partial charge is 0.378 e. The SMILES string of the molecule is Cc1noc(C)c1CC(=O)N1CCC(OCCc2ccccc2)CC1. The molecule has 134 valence electrons. The number of likely N-dealkylation sites (tertiary alicyclic amines) is 1. The number of carbonyl (C=O) groups excluding carboxylic acids is 1. The molecule has 5 heteroatoms. The van der Waals surface area contributed by atoms with Gasteiger partial charge in [-0.05, 0) is 38.7 Å². The van der Waals surface area contributed by atoms with Crippen LogP contribution in [0.15, 0.2) is 34.9 Å². The van der Waals surface area contributed by atoms with E-state index in [-0.39, 0.29) is 12.0 Å². The minimum atomic E-state index is 0.150. The highest BCUT2D eigenvalue weighted by atomic mass is 16.5. The van der Waals surface area contributed by atoms with Crippen LogP contribution in [0.25, 0.3) is 0 Å². The molecule has 3 rings (SSSR count). The van der Waals surface area contributed by atoms with Crippen LogP contribution in [0.5, 0.6) is 0 Å². The summed E-state index contributed by atoms with van der Waals surface area (Å²) in [7, 11) is 0. The van der Waals surface area contributed by atoms with Gasteiger partial charge in [-0.3, -0.25) is 4.79 Å². The fraction of sp³-hybridized carbons (Fsp3) is 0.500. The van der Waals surface area contributed by atoms with Gasteiger partial charge in [0.05, 0.1) is 24.8 Å². The van der Waals surface area contributed by atoms with Crippen molar-refractivity contribution >= 4 is 5.91 Å². The second kappa shape index (κ2) is 8.30. The molecular weight excluding hydrogens is 316 g/mol. The van der Waals surface area contributed by atoms with Crippen molar-refractivity contribution < 1.29 is 14.1 Å². The zero-order chi connectivity index (χ0) is 17.6. The van der Waals surface area contributed by atoms with Crippen molar-refractivity contribution in [1.82, 2.24) is 10.1 Å². The van der Waals surface area contributed by atoms with Crippen molar-refractivity contribution in [2.75, 3.05) is 19.7 Å². The summed E-state index contributed by atoms with van der Waals surface area (Å²) >= 11 is 0. The van der Waals surface area contributed by atoms with Gasteiger partial charge in [0.15, 0.2) is 0 Å². The molecule has 0 saturated carbocycles. The molecule has 5 nitrogen and oxygen atoms in total. The number of aromatic nitrogens is 1. The quantitative estimate of drug-likeness (QED) is 0.809. The summed E-state index contributed by atoms with van der Waals surface area (Å²) < 4.78 is 11.1. The van der Waals surface area contributed by atoms with Gasteiger partial charge in [-0.1, -0.05) is 35.5 Å². The van der Waals surface area contributed by atoms with Gasteiger partial charge in [0, 0.05) is 18.7 Å². The lowest BCUT2D eigenvalue weighted by Crippen LogP contribution is -2.41. The van der Waals surface area contributed by atoms with Gasteiger partial charge >= 0.3 is 0 Å². The number of amides is 1. The summed E-state index contributed by atoms with van der Waals surface area (Å²) in [5.41, 5.74) is 3.03. The molecule has 0 bridgehead atoms. The van der Waals surface area contributed by atoms with Crippen LogP contribution in [0.1, 0.15) is 35.4 Å².